The molecule has 0 bridgehead atoms. The van der Waals surface area contributed by atoms with Gasteiger partial charge in [-0.2, -0.15) is 0 Å². The predicted octanol–water partition coefficient (Wildman–Crippen LogP) is 4.27. The highest BCUT2D eigenvalue weighted by atomic mass is 35.5. The first kappa shape index (κ1) is 30.4. The maximum Gasteiger partial charge on any atom is 0.338 e. The molecule has 0 spiro atoms. The molecular formula is C33H35ClN4O5. The number of esters is 1. The zero-order valence-electron chi connectivity index (χ0n) is 24.7. The van der Waals surface area contributed by atoms with Crippen molar-refractivity contribution in [2.24, 2.45) is 0 Å². The Hall–Kier alpha value is -4.05. The number of aromatic nitrogens is 2. The Kier molecular flexibility index (Phi) is 8.69. The van der Waals surface area contributed by atoms with Crippen LogP contribution in [0.5, 0.6) is 0 Å². The fourth-order valence-electron chi connectivity index (χ4n) is 5.66. The van der Waals surface area contributed by atoms with Crippen LogP contribution in [0, 0.1) is 0 Å². The fourth-order valence-corrected chi connectivity index (χ4v) is 5.85. The summed E-state index contributed by atoms with van der Waals surface area (Å²) < 4.78 is 7.18. The van der Waals surface area contributed by atoms with Gasteiger partial charge < -0.3 is 24.6 Å². The average molecular weight is 603 g/mol. The summed E-state index contributed by atoms with van der Waals surface area (Å²) in [6, 6.07) is 15.8. The monoisotopic (exact) mass is 602 g/mol. The number of aryl methyl sites for hydroxylation is 1. The van der Waals surface area contributed by atoms with Crippen LogP contribution >= 0.6 is 11.6 Å². The van der Waals surface area contributed by atoms with E-state index in [1.54, 1.807) is 35.8 Å². The summed E-state index contributed by atoms with van der Waals surface area (Å²) in [5.74, 6) is -1.32. The van der Waals surface area contributed by atoms with E-state index in [9.17, 15) is 19.5 Å². The minimum Gasteiger partial charge on any atom is -0.457 e. The van der Waals surface area contributed by atoms with Crippen LogP contribution in [0.2, 0.25) is 5.02 Å². The van der Waals surface area contributed by atoms with Gasteiger partial charge in [-0.05, 0) is 62.8 Å². The maximum atomic E-state index is 14.2. The molecule has 0 unspecified atom stereocenters. The second-order valence-corrected chi connectivity index (χ2v) is 11.4. The van der Waals surface area contributed by atoms with Crippen LogP contribution in [0.4, 0.5) is 0 Å². The highest BCUT2D eigenvalue weighted by molar-refractivity contribution is 6.30. The van der Waals surface area contributed by atoms with Crippen LogP contribution in [-0.4, -0.2) is 58.6 Å². The number of ether oxygens (including phenoxy) is 1. The van der Waals surface area contributed by atoms with Crippen LogP contribution in [0.3, 0.4) is 0 Å². The van der Waals surface area contributed by atoms with Gasteiger partial charge in [0.2, 0.25) is 0 Å². The van der Waals surface area contributed by atoms with Crippen molar-refractivity contribution in [3.63, 3.8) is 0 Å². The van der Waals surface area contributed by atoms with Crippen LogP contribution in [0.25, 0.3) is 22.3 Å². The summed E-state index contributed by atoms with van der Waals surface area (Å²) in [5, 5.41) is 16.1. The Morgan fingerprint density at radius 3 is 2.58 bits per heavy atom. The third kappa shape index (κ3) is 5.68. The molecule has 224 valence electrons. The largest absolute Gasteiger partial charge is 0.457 e. The summed E-state index contributed by atoms with van der Waals surface area (Å²) in [6.07, 6.45) is 0.718. The third-order valence-electron chi connectivity index (χ3n) is 8.01. The Morgan fingerprint density at radius 1 is 1.12 bits per heavy atom. The van der Waals surface area contributed by atoms with Crippen molar-refractivity contribution in [3.05, 3.63) is 97.8 Å². The lowest BCUT2D eigenvalue weighted by molar-refractivity contribution is -0.141. The number of likely N-dealkylation sites (N-methyl/N-ethyl adjacent to an activating group) is 1. The summed E-state index contributed by atoms with van der Waals surface area (Å²) in [5.41, 5.74) is 1.78. The summed E-state index contributed by atoms with van der Waals surface area (Å²) in [4.78, 5) is 47.5. The molecular weight excluding hydrogens is 568 g/mol. The van der Waals surface area contributed by atoms with Crippen molar-refractivity contribution in [1.82, 2.24) is 19.8 Å². The average Bonchev–Trinajstić information content (AvgIpc) is 3.36. The van der Waals surface area contributed by atoms with Crippen molar-refractivity contribution >= 4 is 34.4 Å². The number of amides is 1. The minimum absolute atomic E-state index is 0.0167. The SMILES string of the molecule is CCc1c2c(nc3ccccc13)-c1cc([C@@](O)(CC)C(=O)NCCN(C)C)c(COC(=O)c3cccc(Cl)c3)c(=O)n1C2. The highest BCUT2D eigenvalue weighted by Gasteiger charge is 2.41. The van der Waals surface area contributed by atoms with Gasteiger partial charge in [-0.3, -0.25) is 9.59 Å². The number of hydrogen-bond donors (Lipinski definition) is 2. The van der Waals surface area contributed by atoms with E-state index in [1.165, 1.54) is 6.07 Å². The third-order valence-corrected chi connectivity index (χ3v) is 8.24. The fraction of sp³-hybridized carbons (Fsp3) is 0.333. The van der Waals surface area contributed by atoms with Gasteiger partial charge in [0, 0.05) is 34.6 Å². The maximum absolute atomic E-state index is 14.2. The topological polar surface area (TPSA) is 114 Å². The van der Waals surface area contributed by atoms with Crippen LogP contribution < -0.4 is 10.9 Å². The van der Waals surface area contributed by atoms with Crippen molar-refractivity contribution in [2.75, 3.05) is 27.2 Å². The summed E-state index contributed by atoms with van der Waals surface area (Å²) in [7, 11) is 3.76. The number of fused-ring (bicyclic) bond motifs is 4. The van der Waals surface area contributed by atoms with E-state index in [0.717, 1.165) is 28.5 Å². The van der Waals surface area contributed by atoms with Gasteiger partial charge in [0.05, 0.1) is 34.6 Å². The Bertz CT molecular complexity index is 1780. The van der Waals surface area contributed by atoms with E-state index in [-0.39, 0.29) is 29.7 Å². The predicted molar refractivity (Wildman–Crippen MR) is 166 cm³/mol. The number of aliphatic hydroxyl groups is 1. The lowest BCUT2D eigenvalue weighted by Gasteiger charge is -2.29. The quantitative estimate of drug-likeness (QED) is 0.229. The van der Waals surface area contributed by atoms with Gasteiger partial charge in [-0.1, -0.05) is 49.7 Å². The van der Waals surface area contributed by atoms with Gasteiger partial charge in [-0.25, -0.2) is 9.78 Å². The molecule has 10 heteroatoms. The molecule has 3 heterocycles. The zero-order chi connectivity index (χ0) is 30.9. The number of nitrogens with one attached hydrogen (secondary N) is 1. The number of benzene rings is 2. The van der Waals surface area contributed by atoms with E-state index in [0.29, 0.717) is 29.5 Å². The first-order chi connectivity index (χ1) is 20.6. The molecule has 0 fully saturated rings. The van der Waals surface area contributed by atoms with E-state index in [4.69, 9.17) is 21.3 Å². The lowest BCUT2D eigenvalue weighted by atomic mass is 9.86. The van der Waals surface area contributed by atoms with Crippen molar-refractivity contribution < 1.29 is 19.4 Å². The highest BCUT2D eigenvalue weighted by Crippen LogP contribution is 2.38. The molecule has 0 radical (unpaired) electrons. The van der Waals surface area contributed by atoms with Crippen molar-refractivity contribution in [3.8, 4) is 11.4 Å². The molecule has 1 aliphatic heterocycles. The second kappa shape index (κ2) is 12.3. The number of halogens is 1. The van der Waals surface area contributed by atoms with Gasteiger partial charge in [-0.15, -0.1) is 0 Å². The van der Waals surface area contributed by atoms with Crippen LogP contribution in [0.15, 0.2) is 59.4 Å². The summed E-state index contributed by atoms with van der Waals surface area (Å²) in [6.45, 7) is 4.43. The normalized spacial score (nSPS) is 13.5. The number of para-hydroxylation sites is 1. The standard InChI is InChI=1S/C33H35ClN4O5/c1-5-22-23-12-7-8-13-27(23)36-29-24(22)18-38-28(29)17-26(33(42,6-2)32(41)35-14-15-37(3)4)25(30(38)39)19-43-31(40)20-10-9-11-21(34)16-20/h7-13,16-17,42H,5-6,14-15,18-19H2,1-4H3,(H,35,41)/t33-/m0/s1. The molecule has 2 N–H and O–H groups in total. The van der Waals surface area contributed by atoms with Gasteiger partial charge in [0.25, 0.3) is 11.5 Å². The van der Waals surface area contributed by atoms with E-state index < -0.39 is 29.6 Å². The molecule has 0 saturated carbocycles. The smallest absolute Gasteiger partial charge is 0.338 e. The van der Waals surface area contributed by atoms with E-state index in [1.807, 2.05) is 43.3 Å². The van der Waals surface area contributed by atoms with Crippen LogP contribution in [0.1, 0.15) is 52.9 Å². The molecule has 5 rings (SSSR count). The number of hydrogen-bond acceptors (Lipinski definition) is 7. The van der Waals surface area contributed by atoms with E-state index >= 15 is 0 Å². The minimum atomic E-state index is -2.06. The molecule has 2 aromatic carbocycles. The number of pyridine rings is 2. The first-order valence-corrected chi connectivity index (χ1v) is 14.7. The zero-order valence-corrected chi connectivity index (χ0v) is 25.5. The van der Waals surface area contributed by atoms with Gasteiger partial charge in [0.1, 0.15) is 6.61 Å². The van der Waals surface area contributed by atoms with Crippen LogP contribution in [-0.2, 0) is 34.7 Å². The second-order valence-electron chi connectivity index (χ2n) is 11.0. The number of carbonyl (C=O) groups excluding carboxylic acids is 2. The Morgan fingerprint density at radius 2 is 1.88 bits per heavy atom. The van der Waals surface area contributed by atoms with Gasteiger partial charge in [0.15, 0.2) is 5.60 Å². The Balaban J connectivity index is 1.64. The lowest BCUT2D eigenvalue weighted by Crippen LogP contribution is -2.47. The molecule has 9 nitrogen and oxygen atoms in total. The summed E-state index contributed by atoms with van der Waals surface area (Å²) >= 11 is 6.06. The molecule has 1 amide bonds. The van der Waals surface area contributed by atoms with Gasteiger partial charge >= 0.3 is 5.97 Å². The molecule has 0 saturated heterocycles. The number of rotatable bonds is 10. The van der Waals surface area contributed by atoms with E-state index in [2.05, 4.69) is 12.2 Å². The Labute approximate surface area is 255 Å². The molecule has 4 aromatic rings. The first-order valence-electron chi connectivity index (χ1n) is 14.3. The molecule has 43 heavy (non-hydrogen) atoms. The molecule has 2 aromatic heterocycles. The number of carbonyl (C=O) groups is 2. The van der Waals surface area contributed by atoms with Crippen molar-refractivity contribution in [1.29, 1.82) is 0 Å². The van der Waals surface area contributed by atoms with Crippen molar-refractivity contribution in [2.45, 2.75) is 45.4 Å². The molecule has 1 aliphatic rings. The molecule has 0 aliphatic carbocycles. The number of nitrogens with zero attached hydrogens (tertiary/aromatic N) is 3. The molecule has 1 atom stereocenters.